The van der Waals surface area contributed by atoms with Crippen LogP contribution >= 0.6 is 0 Å². The molecule has 4 nitrogen and oxygen atoms in total. The van der Waals surface area contributed by atoms with Gasteiger partial charge >= 0.3 is 0 Å². The van der Waals surface area contributed by atoms with Crippen LogP contribution in [-0.4, -0.2) is 22.6 Å². The molecule has 4 rings (SSSR count). The summed E-state index contributed by atoms with van der Waals surface area (Å²) >= 11 is 0. The molecule has 0 amide bonds. The van der Waals surface area contributed by atoms with E-state index in [9.17, 15) is 8.42 Å². The Balaban J connectivity index is 1.99. The second-order valence-electron chi connectivity index (χ2n) is 10.2. The zero-order valence-electron chi connectivity index (χ0n) is 19.5. The largest absolute Gasteiger partial charge is 0.497 e. The summed E-state index contributed by atoms with van der Waals surface area (Å²) in [5.74, 6) is 1.62. The molecule has 0 heterocycles. The summed E-state index contributed by atoms with van der Waals surface area (Å²) in [6, 6.07) is 11.1. The molecule has 0 bridgehead atoms. The normalized spacial score (nSPS) is 27.2. The summed E-state index contributed by atoms with van der Waals surface area (Å²) in [5, 5.41) is -0.621. The minimum absolute atomic E-state index is 0.0523. The number of rotatable bonds is 4. The van der Waals surface area contributed by atoms with Crippen molar-refractivity contribution in [2.45, 2.75) is 68.9 Å². The minimum atomic E-state index is -3.58. The van der Waals surface area contributed by atoms with Gasteiger partial charge in [-0.1, -0.05) is 44.9 Å². The van der Waals surface area contributed by atoms with Crippen molar-refractivity contribution >= 4 is 9.84 Å². The molecule has 5 heteroatoms. The van der Waals surface area contributed by atoms with Gasteiger partial charge in [0.2, 0.25) is 0 Å². The first-order chi connectivity index (χ1) is 14.5. The zero-order chi connectivity index (χ0) is 22.6. The van der Waals surface area contributed by atoms with E-state index in [1.165, 1.54) is 0 Å². The van der Waals surface area contributed by atoms with E-state index in [2.05, 4.69) is 20.8 Å². The minimum Gasteiger partial charge on any atom is -0.497 e. The Morgan fingerprint density at radius 2 is 1.65 bits per heavy atom. The zero-order valence-corrected chi connectivity index (χ0v) is 20.3. The van der Waals surface area contributed by atoms with Crippen molar-refractivity contribution in [1.29, 1.82) is 0 Å². The van der Waals surface area contributed by atoms with Crippen molar-refractivity contribution in [3.8, 4) is 11.5 Å². The van der Waals surface area contributed by atoms with Gasteiger partial charge in [0.25, 0.3) is 0 Å². The van der Waals surface area contributed by atoms with Crippen molar-refractivity contribution in [3.63, 3.8) is 0 Å². The van der Waals surface area contributed by atoms with Crippen LogP contribution in [0, 0.1) is 18.3 Å². The lowest BCUT2D eigenvalue weighted by molar-refractivity contribution is 0.0376. The van der Waals surface area contributed by atoms with Crippen LogP contribution in [0.1, 0.15) is 68.4 Å². The third kappa shape index (κ3) is 3.45. The number of hydrogen-bond acceptors (Lipinski definition) is 4. The molecule has 168 valence electrons. The van der Waals surface area contributed by atoms with Crippen molar-refractivity contribution in [2.75, 3.05) is 14.2 Å². The first kappa shape index (κ1) is 22.2. The topological polar surface area (TPSA) is 52.6 Å². The molecule has 0 aliphatic heterocycles. The monoisotopic (exact) mass is 442 g/mol. The number of aryl methyl sites for hydroxylation is 1. The van der Waals surface area contributed by atoms with Crippen molar-refractivity contribution in [3.05, 3.63) is 53.1 Å². The third-order valence-electron chi connectivity index (χ3n) is 7.88. The number of benzene rings is 2. The summed E-state index contributed by atoms with van der Waals surface area (Å²) in [6.45, 7) is 8.87. The molecule has 2 aromatic rings. The first-order valence-electron chi connectivity index (χ1n) is 11.1. The van der Waals surface area contributed by atoms with E-state index in [0.29, 0.717) is 17.1 Å². The molecular weight excluding hydrogens is 408 g/mol. The van der Waals surface area contributed by atoms with Gasteiger partial charge in [0, 0.05) is 11.6 Å². The van der Waals surface area contributed by atoms with Gasteiger partial charge in [-0.05, 0) is 66.7 Å². The van der Waals surface area contributed by atoms with Gasteiger partial charge in [-0.2, -0.15) is 0 Å². The Morgan fingerprint density at radius 3 is 2.26 bits per heavy atom. The molecule has 0 radical (unpaired) electrons. The maximum atomic E-state index is 14.0. The molecule has 3 atom stereocenters. The molecule has 1 saturated carbocycles. The fraction of sp³-hybridized carbons (Fsp3) is 0.538. The van der Waals surface area contributed by atoms with Crippen LogP contribution in [-0.2, 0) is 15.3 Å². The fourth-order valence-corrected chi connectivity index (χ4v) is 8.09. The first-order valence-corrected chi connectivity index (χ1v) is 12.7. The molecule has 0 aromatic heterocycles. The second kappa shape index (κ2) is 7.54. The van der Waals surface area contributed by atoms with E-state index in [-0.39, 0.29) is 16.7 Å². The molecule has 2 aliphatic carbocycles. The molecule has 0 spiro atoms. The van der Waals surface area contributed by atoms with Crippen LogP contribution in [0.25, 0.3) is 0 Å². The number of fused-ring (bicyclic) bond motifs is 3. The van der Waals surface area contributed by atoms with E-state index in [1.807, 2.05) is 31.2 Å². The molecule has 0 saturated heterocycles. The average molecular weight is 443 g/mol. The summed E-state index contributed by atoms with van der Waals surface area (Å²) in [4.78, 5) is 0.382. The number of hydrogen-bond donors (Lipinski definition) is 0. The molecule has 0 unspecified atom stereocenters. The second-order valence-corrected chi connectivity index (χ2v) is 12.3. The maximum Gasteiger partial charge on any atom is 0.185 e. The van der Waals surface area contributed by atoms with E-state index in [0.717, 1.165) is 41.7 Å². The van der Waals surface area contributed by atoms with E-state index in [1.54, 1.807) is 26.4 Å². The van der Waals surface area contributed by atoms with Crippen LogP contribution in [0.4, 0.5) is 0 Å². The highest BCUT2D eigenvalue weighted by Crippen LogP contribution is 2.63. The fourth-order valence-electron chi connectivity index (χ4n) is 6.28. The Labute approximate surface area is 186 Å². The lowest BCUT2D eigenvalue weighted by atomic mass is 9.50. The number of methoxy groups -OCH3 is 2. The van der Waals surface area contributed by atoms with Crippen LogP contribution < -0.4 is 9.47 Å². The highest BCUT2D eigenvalue weighted by molar-refractivity contribution is 7.91. The van der Waals surface area contributed by atoms with Crippen LogP contribution in [0.3, 0.4) is 0 Å². The summed E-state index contributed by atoms with van der Waals surface area (Å²) in [6.07, 6.45) is 3.89. The standard InChI is InChI=1S/C26H34O4S/c1-17-8-10-19(11-9-17)31(27,28)22-16-23-25(2,3)12-7-13-26(23,4)24-20(22)14-18(29-5)15-21(24)30-6/h8-11,14-15,22-23H,7,12-13,16H2,1-6H3/t22-,23-,26-/m0/s1. The highest BCUT2D eigenvalue weighted by Gasteiger charge is 2.55. The van der Waals surface area contributed by atoms with Gasteiger partial charge in [0.1, 0.15) is 11.5 Å². The smallest absolute Gasteiger partial charge is 0.185 e. The van der Waals surface area contributed by atoms with Crippen LogP contribution in [0.5, 0.6) is 11.5 Å². The predicted octanol–water partition coefficient (Wildman–Crippen LogP) is 6.01. The number of ether oxygens (including phenoxy) is 2. The molecule has 31 heavy (non-hydrogen) atoms. The quantitative estimate of drug-likeness (QED) is 0.581. The van der Waals surface area contributed by atoms with E-state index < -0.39 is 15.1 Å². The molecule has 2 aromatic carbocycles. The van der Waals surface area contributed by atoms with E-state index >= 15 is 0 Å². The van der Waals surface area contributed by atoms with Gasteiger partial charge in [0.05, 0.1) is 24.4 Å². The SMILES string of the molecule is COc1cc(OC)c2c(c1)[C@@H](S(=O)(=O)c1ccc(C)cc1)C[C@H]1C(C)(C)CCC[C@]21C. The molecule has 1 fully saturated rings. The van der Waals surface area contributed by atoms with Gasteiger partial charge in [0.15, 0.2) is 9.84 Å². The molecular formula is C26H34O4S. The Hall–Kier alpha value is -2.01. The van der Waals surface area contributed by atoms with E-state index in [4.69, 9.17) is 9.47 Å². The molecule has 2 aliphatic rings. The van der Waals surface area contributed by atoms with Gasteiger partial charge in [-0.15, -0.1) is 0 Å². The summed E-state index contributed by atoms with van der Waals surface area (Å²) in [7, 11) is -0.302. The number of sulfone groups is 1. The lowest BCUT2D eigenvalue weighted by Crippen LogP contribution is -2.49. The van der Waals surface area contributed by atoms with Crippen LogP contribution in [0.15, 0.2) is 41.3 Å². The molecule has 0 N–H and O–H groups in total. The summed E-state index contributed by atoms with van der Waals surface area (Å²) < 4.78 is 39.3. The Kier molecular flexibility index (Phi) is 5.40. The maximum absolute atomic E-state index is 14.0. The van der Waals surface area contributed by atoms with Crippen LogP contribution in [0.2, 0.25) is 0 Å². The highest BCUT2D eigenvalue weighted by atomic mass is 32.2. The third-order valence-corrected chi connectivity index (χ3v) is 10.0. The summed E-state index contributed by atoms with van der Waals surface area (Å²) in [5.41, 5.74) is 2.87. The Bertz CT molecular complexity index is 1090. The van der Waals surface area contributed by atoms with Gasteiger partial charge < -0.3 is 9.47 Å². The van der Waals surface area contributed by atoms with Crippen molar-refractivity contribution in [1.82, 2.24) is 0 Å². The average Bonchev–Trinajstić information content (AvgIpc) is 2.72. The van der Waals surface area contributed by atoms with Crippen molar-refractivity contribution in [2.24, 2.45) is 11.3 Å². The van der Waals surface area contributed by atoms with Crippen molar-refractivity contribution < 1.29 is 17.9 Å². The lowest BCUT2D eigenvalue weighted by Gasteiger charge is -2.56. The predicted molar refractivity (Wildman–Crippen MR) is 124 cm³/mol. The van der Waals surface area contributed by atoms with Gasteiger partial charge in [-0.25, -0.2) is 8.42 Å². The van der Waals surface area contributed by atoms with Gasteiger partial charge in [-0.3, -0.25) is 0 Å². The Morgan fingerprint density at radius 1 is 0.968 bits per heavy atom.